The van der Waals surface area contributed by atoms with Crippen LogP contribution in [0.2, 0.25) is 0 Å². The second-order valence-corrected chi connectivity index (χ2v) is 6.48. The van der Waals surface area contributed by atoms with Gasteiger partial charge >= 0.3 is 0 Å². The molecule has 0 saturated heterocycles. The molecule has 2 fully saturated rings. The first-order valence-electron chi connectivity index (χ1n) is 6.73. The minimum absolute atomic E-state index is 0.690. The maximum atomic E-state index is 4.76. The number of rotatable bonds is 3. The Balaban J connectivity index is 1.64. The van der Waals surface area contributed by atoms with Crippen molar-refractivity contribution in [2.75, 3.05) is 0 Å². The Labute approximate surface area is 95.9 Å². The molecule has 0 aromatic heterocycles. The van der Waals surface area contributed by atoms with Gasteiger partial charge in [-0.1, -0.05) is 47.1 Å². The molecule has 0 aliphatic heterocycles. The van der Waals surface area contributed by atoms with Gasteiger partial charge < -0.3 is 0 Å². The fourth-order valence-corrected chi connectivity index (χ4v) is 4.00. The summed E-state index contributed by atoms with van der Waals surface area (Å²) in [6.07, 6.45) is 14.3. The van der Waals surface area contributed by atoms with Gasteiger partial charge in [-0.25, -0.2) is 0 Å². The van der Waals surface area contributed by atoms with Gasteiger partial charge in [0, 0.05) is 12.0 Å². The molecule has 2 saturated carbocycles. The van der Waals surface area contributed by atoms with E-state index in [1.54, 1.807) is 0 Å². The van der Waals surface area contributed by atoms with Gasteiger partial charge in [0.25, 0.3) is 0 Å². The van der Waals surface area contributed by atoms with Crippen LogP contribution in [-0.2, 0) is 0 Å². The third-order valence-electron chi connectivity index (χ3n) is 3.78. The first kappa shape index (κ1) is 11.6. The minimum Gasteiger partial charge on any atom is -0.290 e. The lowest BCUT2D eigenvalue weighted by molar-refractivity contribution is 0.444. The molecule has 0 spiro atoms. The molecule has 0 amide bonds. The van der Waals surface area contributed by atoms with Crippen molar-refractivity contribution >= 4 is 14.5 Å². The highest BCUT2D eigenvalue weighted by Gasteiger charge is 2.13. The van der Waals surface area contributed by atoms with E-state index in [9.17, 15) is 0 Å². The molecule has 2 heteroatoms. The monoisotopic (exact) mass is 225 g/mol. The molecule has 1 unspecified atom stereocenters. The summed E-state index contributed by atoms with van der Waals surface area (Å²) in [7, 11) is 1.01. The number of hydrogen-bond acceptors (Lipinski definition) is 1. The maximum absolute atomic E-state index is 4.76. The molecule has 1 atom stereocenters. The molecule has 2 rings (SSSR count). The van der Waals surface area contributed by atoms with E-state index < -0.39 is 0 Å². The maximum Gasteiger partial charge on any atom is 0.0499 e. The first-order chi connectivity index (χ1) is 7.45. The van der Waals surface area contributed by atoms with E-state index in [-0.39, 0.29) is 0 Å². The van der Waals surface area contributed by atoms with Crippen LogP contribution in [0.4, 0.5) is 0 Å². The largest absolute Gasteiger partial charge is 0.290 e. The Morgan fingerprint density at radius 3 is 2.07 bits per heavy atom. The molecule has 0 aromatic rings. The average molecular weight is 225 g/mol. The standard InChI is InChI=1S/C13H24NP/c1-3-7-12(8-4-1)14-11-15-13-9-5-2-6-10-13/h11-13,15H,1-10H2. The highest BCUT2D eigenvalue weighted by atomic mass is 31.1. The second-order valence-electron chi connectivity index (χ2n) is 5.07. The van der Waals surface area contributed by atoms with Crippen molar-refractivity contribution in [2.45, 2.75) is 75.9 Å². The summed E-state index contributed by atoms with van der Waals surface area (Å²) in [5, 5.41) is 0. The summed E-state index contributed by atoms with van der Waals surface area (Å²) in [6.45, 7) is 0. The highest BCUT2D eigenvalue weighted by molar-refractivity contribution is 7.56. The zero-order chi connectivity index (χ0) is 10.3. The molecule has 0 bridgehead atoms. The van der Waals surface area contributed by atoms with Crippen molar-refractivity contribution < 1.29 is 0 Å². The molecule has 0 radical (unpaired) electrons. The normalized spacial score (nSPS) is 26.9. The van der Waals surface area contributed by atoms with Crippen molar-refractivity contribution in [3.8, 4) is 0 Å². The predicted molar refractivity (Wildman–Crippen MR) is 70.6 cm³/mol. The quantitative estimate of drug-likeness (QED) is 0.500. The minimum atomic E-state index is 0.690. The smallest absolute Gasteiger partial charge is 0.0499 e. The Hall–Kier alpha value is 0.100. The van der Waals surface area contributed by atoms with Crippen molar-refractivity contribution in [3.05, 3.63) is 0 Å². The van der Waals surface area contributed by atoms with Crippen LogP contribution in [0.15, 0.2) is 4.99 Å². The molecule has 0 aromatic carbocycles. The van der Waals surface area contributed by atoms with E-state index in [1.165, 1.54) is 64.2 Å². The van der Waals surface area contributed by atoms with Gasteiger partial charge in [-0.05, 0) is 31.3 Å². The molecule has 86 valence electrons. The van der Waals surface area contributed by atoms with Crippen LogP contribution in [0.25, 0.3) is 0 Å². The Morgan fingerprint density at radius 2 is 1.40 bits per heavy atom. The van der Waals surface area contributed by atoms with Crippen LogP contribution in [0.3, 0.4) is 0 Å². The highest BCUT2D eigenvalue weighted by Crippen LogP contribution is 2.31. The summed E-state index contributed by atoms with van der Waals surface area (Å²) in [4.78, 5) is 4.76. The van der Waals surface area contributed by atoms with E-state index in [0.29, 0.717) is 6.04 Å². The van der Waals surface area contributed by atoms with Crippen molar-refractivity contribution in [2.24, 2.45) is 4.99 Å². The van der Waals surface area contributed by atoms with Crippen LogP contribution in [-0.4, -0.2) is 17.7 Å². The zero-order valence-electron chi connectivity index (χ0n) is 9.75. The molecule has 15 heavy (non-hydrogen) atoms. The van der Waals surface area contributed by atoms with E-state index in [4.69, 9.17) is 4.99 Å². The van der Waals surface area contributed by atoms with E-state index in [0.717, 1.165) is 14.2 Å². The summed E-state index contributed by atoms with van der Waals surface area (Å²) in [6, 6.07) is 0.690. The topological polar surface area (TPSA) is 12.4 Å². The zero-order valence-corrected chi connectivity index (χ0v) is 10.8. The summed E-state index contributed by atoms with van der Waals surface area (Å²) in [5.41, 5.74) is 0.992. The lowest BCUT2D eigenvalue weighted by Gasteiger charge is -2.20. The second kappa shape index (κ2) is 6.63. The molecular formula is C13H24NP. The molecule has 2 aliphatic rings. The van der Waals surface area contributed by atoms with Crippen LogP contribution < -0.4 is 0 Å². The van der Waals surface area contributed by atoms with Crippen LogP contribution in [0.1, 0.15) is 64.2 Å². The summed E-state index contributed by atoms with van der Waals surface area (Å²) >= 11 is 0. The molecule has 2 aliphatic carbocycles. The Kier molecular flexibility index (Phi) is 5.12. The lowest BCUT2D eigenvalue weighted by Crippen LogP contribution is -2.10. The van der Waals surface area contributed by atoms with Gasteiger partial charge in [-0.3, -0.25) is 4.99 Å². The van der Waals surface area contributed by atoms with Crippen molar-refractivity contribution in [1.29, 1.82) is 0 Å². The molecule has 0 heterocycles. The third-order valence-corrected chi connectivity index (χ3v) is 5.12. The fraction of sp³-hybridized carbons (Fsp3) is 0.923. The van der Waals surface area contributed by atoms with E-state index >= 15 is 0 Å². The van der Waals surface area contributed by atoms with E-state index in [2.05, 4.69) is 5.96 Å². The van der Waals surface area contributed by atoms with Gasteiger partial charge in [-0.15, -0.1) is 0 Å². The van der Waals surface area contributed by atoms with Crippen LogP contribution in [0.5, 0.6) is 0 Å². The Bertz CT molecular complexity index is 191. The fourth-order valence-electron chi connectivity index (χ4n) is 2.75. The Morgan fingerprint density at radius 1 is 0.800 bits per heavy atom. The summed E-state index contributed by atoms with van der Waals surface area (Å²) in [5.74, 6) is 2.28. The van der Waals surface area contributed by atoms with Gasteiger partial charge in [0.15, 0.2) is 0 Å². The molecule has 1 nitrogen and oxygen atoms in total. The average Bonchev–Trinajstić information content (AvgIpc) is 2.32. The first-order valence-corrected chi connectivity index (χ1v) is 7.88. The van der Waals surface area contributed by atoms with Gasteiger partial charge in [0.05, 0.1) is 0 Å². The van der Waals surface area contributed by atoms with Crippen LogP contribution >= 0.6 is 8.58 Å². The molecular weight excluding hydrogens is 201 g/mol. The third kappa shape index (κ3) is 4.23. The number of nitrogens with zero attached hydrogens (tertiary/aromatic N) is 1. The van der Waals surface area contributed by atoms with Crippen molar-refractivity contribution in [3.63, 3.8) is 0 Å². The van der Waals surface area contributed by atoms with Gasteiger partial charge in [0.1, 0.15) is 0 Å². The predicted octanol–water partition coefficient (Wildman–Crippen LogP) is 4.36. The molecule has 0 N–H and O–H groups in total. The SMILES string of the molecule is C(=NC1CCCCC1)PC1CCCCC1. The number of hydrogen-bond donors (Lipinski definition) is 0. The van der Waals surface area contributed by atoms with E-state index in [1.807, 2.05) is 0 Å². The number of aliphatic imine (C=N–C) groups is 1. The lowest BCUT2D eigenvalue weighted by atomic mass is 9.96. The van der Waals surface area contributed by atoms with Gasteiger partial charge in [0.2, 0.25) is 0 Å². The van der Waals surface area contributed by atoms with Crippen LogP contribution in [0, 0.1) is 0 Å². The van der Waals surface area contributed by atoms with Crippen molar-refractivity contribution in [1.82, 2.24) is 0 Å². The summed E-state index contributed by atoms with van der Waals surface area (Å²) < 4.78 is 0. The van der Waals surface area contributed by atoms with Gasteiger partial charge in [-0.2, -0.15) is 0 Å².